The zero-order valence-corrected chi connectivity index (χ0v) is 12.7. The highest BCUT2D eigenvalue weighted by atomic mass is 32.2. The Balaban J connectivity index is 1.95. The van der Waals surface area contributed by atoms with E-state index in [4.69, 9.17) is 5.11 Å². The Morgan fingerprint density at radius 3 is 2.68 bits per heavy atom. The second-order valence-corrected chi connectivity index (χ2v) is 7.81. The smallest absolute Gasteiger partial charge is 0.241 e. The second-order valence-electron chi connectivity index (χ2n) is 4.74. The van der Waals surface area contributed by atoms with Gasteiger partial charge in [-0.3, -0.25) is 0 Å². The summed E-state index contributed by atoms with van der Waals surface area (Å²) in [6.07, 6.45) is 2.41. The van der Waals surface area contributed by atoms with Crippen LogP contribution in [0.5, 0.6) is 0 Å². The molecule has 19 heavy (non-hydrogen) atoms. The Bertz CT molecular complexity index is 519. The summed E-state index contributed by atoms with van der Waals surface area (Å²) in [6.45, 7) is 4.97. The molecule has 2 rings (SSSR count). The van der Waals surface area contributed by atoms with Gasteiger partial charge in [-0.05, 0) is 38.9 Å². The Labute approximate surface area is 118 Å². The topological polar surface area (TPSA) is 69.6 Å². The summed E-state index contributed by atoms with van der Waals surface area (Å²) in [5, 5.41) is 9.05. The number of sulfonamides is 1. The zero-order valence-electron chi connectivity index (χ0n) is 11.1. The third kappa shape index (κ3) is 3.76. The Morgan fingerprint density at radius 2 is 2.11 bits per heavy atom. The first-order chi connectivity index (χ1) is 9.03. The highest BCUT2D eigenvalue weighted by Crippen LogP contribution is 2.25. The van der Waals surface area contributed by atoms with E-state index < -0.39 is 10.0 Å². The van der Waals surface area contributed by atoms with Crippen molar-refractivity contribution in [3.8, 4) is 0 Å². The predicted molar refractivity (Wildman–Crippen MR) is 75.8 cm³/mol. The molecule has 108 valence electrons. The van der Waals surface area contributed by atoms with Gasteiger partial charge >= 0.3 is 0 Å². The number of rotatable bonds is 6. The van der Waals surface area contributed by atoms with Crippen molar-refractivity contribution in [3.05, 3.63) is 15.8 Å². The highest BCUT2D eigenvalue weighted by molar-refractivity contribution is 7.89. The van der Waals surface area contributed by atoms with Crippen molar-refractivity contribution in [1.29, 1.82) is 0 Å². The van der Waals surface area contributed by atoms with E-state index in [2.05, 4.69) is 9.62 Å². The first-order valence-electron chi connectivity index (χ1n) is 6.45. The van der Waals surface area contributed by atoms with Gasteiger partial charge in [0.1, 0.15) is 0 Å². The van der Waals surface area contributed by atoms with Gasteiger partial charge in [0.15, 0.2) is 0 Å². The summed E-state index contributed by atoms with van der Waals surface area (Å²) in [5.41, 5.74) is 0. The molecule has 0 aliphatic carbocycles. The highest BCUT2D eigenvalue weighted by Gasteiger charge is 2.20. The van der Waals surface area contributed by atoms with E-state index in [1.54, 1.807) is 13.0 Å². The second kappa shape index (κ2) is 6.32. The molecule has 0 amide bonds. The maximum Gasteiger partial charge on any atom is 0.241 e. The third-order valence-electron chi connectivity index (χ3n) is 3.29. The summed E-state index contributed by atoms with van der Waals surface area (Å²) >= 11 is 1.32. The fourth-order valence-corrected chi connectivity index (χ4v) is 4.81. The van der Waals surface area contributed by atoms with Crippen LogP contribution in [-0.2, 0) is 16.6 Å². The third-order valence-corrected chi connectivity index (χ3v) is 6.04. The number of hydrogen-bond donors (Lipinski definition) is 2. The van der Waals surface area contributed by atoms with E-state index >= 15 is 0 Å². The summed E-state index contributed by atoms with van der Waals surface area (Å²) < 4.78 is 26.9. The van der Waals surface area contributed by atoms with Gasteiger partial charge in [0.05, 0.1) is 11.5 Å². The van der Waals surface area contributed by atoms with E-state index in [0.29, 0.717) is 16.3 Å². The van der Waals surface area contributed by atoms with Gasteiger partial charge in [-0.1, -0.05) is 0 Å². The van der Waals surface area contributed by atoms with Crippen LogP contribution < -0.4 is 4.72 Å². The summed E-state index contributed by atoms with van der Waals surface area (Å²) in [4.78, 5) is 3.96. The van der Waals surface area contributed by atoms with Crippen molar-refractivity contribution in [2.24, 2.45) is 0 Å². The van der Waals surface area contributed by atoms with E-state index in [0.717, 1.165) is 24.5 Å². The van der Waals surface area contributed by atoms with Gasteiger partial charge in [0.25, 0.3) is 0 Å². The van der Waals surface area contributed by atoms with E-state index in [1.807, 2.05) is 0 Å². The largest absolute Gasteiger partial charge is 0.391 e. The minimum absolute atomic E-state index is 0.116. The lowest BCUT2D eigenvalue weighted by Gasteiger charge is -2.14. The van der Waals surface area contributed by atoms with Gasteiger partial charge in [-0.15, -0.1) is 11.3 Å². The van der Waals surface area contributed by atoms with Crippen LogP contribution in [0.1, 0.15) is 22.6 Å². The number of hydrogen-bond acceptors (Lipinski definition) is 5. The zero-order chi connectivity index (χ0) is 13.9. The van der Waals surface area contributed by atoms with Crippen LogP contribution in [-0.4, -0.2) is 44.6 Å². The van der Waals surface area contributed by atoms with Crippen LogP contribution >= 0.6 is 11.3 Å². The number of nitrogens with zero attached hydrogens (tertiary/aromatic N) is 1. The molecule has 1 aliphatic rings. The summed E-state index contributed by atoms with van der Waals surface area (Å²) in [6, 6.07) is 1.55. The lowest BCUT2D eigenvalue weighted by molar-refractivity contribution is 0.285. The lowest BCUT2D eigenvalue weighted by atomic mass is 10.4. The maximum absolute atomic E-state index is 12.2. The lowest BCUT2D eigenvalue weighted by Crippen LogP contribution is -2.33. The standard InChI is InChI=1S/C12H20N2O3S2/c1-10-12(8-11(9-15)18-10)19(16,17)13-4-7-14-5-2-3-6-14/h8,13,15H,2-7,9H2,1H3. The van der Waals surface area contributed by atoms with E-state index in [-0.39, 0.29) is 6.61 Å². The molecule has 2 heterocycles. The minimum atomic E-state index is -3.45. The summed E-state index contributed by atoms with van der Waals surface area (Å²) in [5.74, 6) is 0. The van der Waals surface area contributed by atoms with Crippen LogP contribution in [0.15, 0.2) is 11.0 Å². The van der Waals surface area contributed by atoms with Crippen molar-refractivity contribution < 1.29 is 13.5 Å². The van der Waals surface area contributed by atoms with E-state index in [9.17, 15) is 8.42 Å². The molecule has 0 atom stereocenters. The van der Waals surface area contributed by atoms with Crippen molar-refractivity contribution in [1.82, 2.24) is 9.62 Å². The molecule has 1 aliphatic heterocycles. The molecular formula is C12H20N2O3S2. The minimum Gasteiger partial charge on any atom is -0.391 e. The molecule has 1 saturated heterocycles. The predicted octanol–water partition coefficient (Wildman–Crippen LogP) is 0.923. The maximum atomic E-state index is 12.2. The monoisotopic (exact) mass is 304 g/mol. The average molecular weight is 304 g/mol. The molecule has 0 aromatic carbocycles. The van der Waals surface area contributed by atoms with E-state index in [1.165, 1.54) is 24.2 Å². The van der Waals surface area contributed by atoms with Crippen molar-refractivity contribution in [2.45, 2.75) is 31.3 Å². The molecule has 1 aromatic rings. The molecule has 7 heteroatoms. The molecule has 2 N–H and O–H groups in total. The number of likely N-dealkylation sites (tertiary alicyclic amines) is 1. The van der Waals surface area contributed by atoms with Crippen LogP contribution in [0.2, 0.25) is 0 Å². The fourth-order valence-electron chi connectivity index (χ4n) is 2.29. The Morgan fingerprint density at radius 1 is 1.42 bits per heavy atom. The van der Waals surface area contributed by atoms with Crippen molar-refractivity contribution >= 4 is 21.4 Å². The number of nitrogens with one attached hydrogen (secondary N) is 1. The number of aliphatic hydroxyl groups excluding tert-OH is 1. The van der Waals surface area contributed by atoms with Crippen LogP contribution in [0, 0.1) is 6.92 Å². The number of aryl methyl sites for hydroxylation is 1. The van der Waals surface area contributed by atoms with Gasteiger partial charge in [0, 0.05) is 22.8 Å². The van der Waals surface area contributed by atoms with Crippen LogP contribution in [0.25, 0.3) is 0 Å². The van der Waals surface area contributed by atoms with Gasteiger partial charge < -0.3 is 10.0 Å². The molecule has 1 fully saturated rings. The molecule has 5 nitrogen and oxygen atoms in total. The quantitative estimate of drug-likeness (QED) is 0.820. The van der Waals surface area contributed by atoms with Crippen LogP contribution in [0.4, 0.5) is 0 Å². The molecule has 0 unspecified atom stereocenters. The van der Waals surface area contributed by atoms with Gasteiger partial charge in [-0.25, -0.2) is 13.1 Å². The molecular weight excluding hydrogens is 284 g/mol. The van der Waals surface area contributed by atoms with Gasteiger partial charge in [0.2, 0.25) is 10.0 Å². The van der Waals surface area contributed by atoms with Gasteiger partial charge in [-0.2, -0.15) is 0 Å². The normalized spacial score (nSPS) is 17.2. The molecule has 0 radical (unpaired) electrons. The molecule has 0 spiro atoms. The first kappa shape index (κ1) is 14.9. The Hall–Kier alpha value is -0.470. The van der Waals surface area contributed by atoms with Crippen molar-refractivity contribution in [3.63, 3.8) is 0 Å². The summed E-state index contributed by atoms with van der Waals surface area (Å²) in [7, 11) is -3.45. The SMILES string of the molecule is Cc1sc(CO)cc1S(=O)(=O)NCCN1CCCC1. The number of thiophene rings is 1. The average Bonchev–Trinajstić information content (AvgIpc) is 2.98. The molecule has 0 bridgehead atoms. The molecule has 0 saturated carbocycles. The van der Waals surface area contributed by atoms with Crippen molar-refractivity contribution in [2.75, 3.05) is 26.2 Å². The first-order valence-corrected chi connectivity index (χ1v) is 8.75. The number of aliphatic hydroxyl groups is 1. The Kier molecular flexibility index (Phi) is 4.97. The molecule has 1 aromatic heterocycles. The fraction of sp³-hybridized carbons (Fsp3) is 0.667. The van der Waals surface area contributed by atoms with Crippen LogP contribution in [0.3, 0.4) is 0 Å².